The summed E-state index contributed by atoms with van der Waals surface area (Å²) in [4.78, 5) is 16.3. The number of benzene rings is 1. The van der Waals surface area contributed by atoms with Gasteiger partial charge in [0.1, 0.15) is 12.7 Å². The molecule has 158 valence electrons. The van der Waals surface area contributed by atoms with Crippen molar-refractivity contribution >= 4 is 5.91 Å². The maximum atomic E-state index is 12.3. The lowest BCUT2D eigenvalue weighted by molar-refractivity contribution is -0.121. The van der Waals surface area contributed by atoms with Crippen molar-refractivity contribution in [2.75, 3.05) is 0 Å². The van der Waals surface area contributed by atoms with Crippen LogP contribution in [-0.2, 0) is 24.2 Å². The Bertz CT molecular complexity index is 931. The van der Waals surface area contributed by atoms with E-state index in [2.05, 4.69) is 25.6 Å². The van der Waals surface area contributed by atoms with Gasteiger partial charge >= 0.3 is 0 Å². The molecule has 0 radical (unpaired) electrons. The fourth-order valence-electron chi connectivity index (χ4n) is 4.01. The third-order valence-corrected chi connectivity index (χ3v) is 5.70. The molecule has 0 saturated heterocycles. The Morgan fingerprint density at radius 3 is 2.70 bits per heavy atom. The van der Waals surface area contributed by atoms with Crippen molar-refractivity contribution in [1.82, 2.24) is 30.3 Å². The van der Waals surface area contributed by atoms with E-state index in [0.29, 0.717) is 31.2 Å². The number of para-hydroxylation sites is 1. The highest BCUT2D eigenvalue weighted by atomic mass is 16.4. The Balaban J connectivity index is 1.22. The first-order chi connectivity index (χ1) is 14.8. The molecule has 1 amide bonds. The second kappa shape index (κ2) is 10.1. The summed E-state index contributed by atoms with van der Waals surface area (Å²) in [5, 5.41) is 15.4. The molecule has 1 fully saturated rings. The van der Waals surface area contributed by atoms with Gasteiger partial charge in [-0.3, -0.25) is 4.79 Å². The Morgan fingerprint density at radius 2 is 1.90 bits per heavy atom. The maximum absolute atomic E-state index is 12.3. The molecule has 1 aliphatic rings. The standard InChI is InChI=1S/C22H28N6O2/c29-20(24-14-18-8-4-5-9-19(18)28-16-23-15-25-28)11-13-22-27-26-21(30-22)12-10-17-6-2-1-3-7-17/h4-5,8-9,15-17H,1-3,6-7,10-14H2,(H,24,29). The molecule has 8 nitrogen and oxygen atoms in total. The monoisotopic (exact) mass is 408 g/mol. The van der Waals surface area contributed by atoms with Gasteiger partial charge in [-0.15, -0.1) is 10.2 Å². The summed E-state index contributed by atoms with van der Waals surface area (Å²) in [6.07, 6.45) is 12.6. The number of amides is 1. The summed E-state index contributed by atoms with van der Waals surface area (Å²) in [5.74, 6) is 1.97. The predicted octanol–water partition coefficient (Wildman–Crippen LogP) is 3.41. The first kappa shape index (κ1) is 20.3. The van der Waals surface area contributed by atoms with Crippen LogP contribution in [0.4, 0.5) is 0 Å². The molecular weight excluding hydrogens is 380 g/mol. The van der Waals surface area contributed by atoms with Gasteiger partial charge in [-0.25, -0.2) is 9.67 Å². The molecule has 2 aromatic heterocycles. The first-order valence-electron chi connectivity index (χ1n) is 10.8. The number of hydrogen-bond acceptors (Lipinski definition) is 6. The van der Waals surface area contributed by atoms with Crippen molar-refractivity contribution < 1.29 is 9.21 Å². The van der Waals surface area contributed by atoms with Gasteiger partial charge in [-0.1, -0.05) is 50.3 Å². The second-order valence-corrected chi connectivity index (χ2v) is 7.88. The van der Waals surface area contributed by atoms with Crippen LogP contribution in [0.15, 0.2) is 41.3 Å². The van der Waals surface area contributed by atoms with Crippen molar-refractivity contribution in [3.05, 3.63) is 54.3 Å². The van der Waals surface area contributed by atoms with Gasteiger partial charge < -0.3 is 9.73 Å². The molecule has 0 bridgehead atoms. The van der Waals surface area contributed by atoms with Crippen LogP contribution < -0.4 is 5.32 Å². The van der Waals surface area contributed by atoms with Crippen LogP contribution in [0.1, 0.15) is 62.3 Å². The Labute approximate surface area is 176 Å². The molecule has 0 aliphatic heterocycles. The molecule has 1 N–H and O–H groups in total. The van der Waals surface area contributed by atoms with Gasteiger partial charge in [0.05, 0.1) is 5.69 Å². The Kier molecular flexibility index (Phi) is 6.84. The maximum Gasteiger partial charge on any atom is 0.220 e. The molecule has 2 heterocycles. The van der Waals surface area contributed by atoms with Gasteiger partial charge in [-0.2, -0.15) is 5.10 Å². The summed E-state index contributed by atoms with van der Waals surface area (Å²) in [6.45, 7) is 0.422. The van der Waals surface area contributed by atoms with Crippen molar-refractivity contribution in [3.63, 3.8) is 0 Å². The van der Waals surface area contributed by atoms with Crippen LogP contribution in [-0.4, -0.2) is 30.9 Å². The number of aromatic nitrogens is 5. The smallest absolute Gasteiger partial charge is 0.220 e. The van der Waals surface area contributed by atoms with Crippen LogP contribution >= 0.6 is 0 Å². The minimum absolute atomic E-state index is 0.0506. The molecule has 3 aromatic rings. The van der Waals surface area contributed by atoms with Gasteiger partial charge in [-0.05, 0) is 24.0 Å². The summed E-state index contributed by atoms with van der Waals surface area (Å²) < 4.78 is 7.42. The fourth-order valence-corrected chi connectivity index (χ4v) is 4.01. The molecule has 8 heteroatoms. The average molecular weight is 409 g/mol. The molecule has 4 rings (SSSR count). The molecule has 0 unspecified atom stereocenters. The minimum Gasteiger partial charge on any atom is -0.425 e. The van der Waals surface area contributed by atoms with Crippen molar-refractivity contribution in [1.29, 1.82) is 0 Å². The summed E-state index contributed by atoms with van der Waals surface area (Å²) in [5.41, 5.74) is 1.87. The number of hydrogen-bond donors (Lipinski definition) is 1. The average Bonchev–Trinajstić information content (AvgIpc) is 3.48. The van der Waals surface area contributed by atoms with Crippen LogP contribution in [0.3, 0.4) is 0 Å². The molecular formula is C22H28N6O2. The third-order valence-electron chi connectivity index (χ3n) is 5.70. The molecule has 1 saturated carbocycles. The molecule has 0 spiro atoms. The summed E-state index contributed by atoms with van der Waals surface area (Å²) >= 11 is 0. The zero-order valence-electron chi connectivity index (χ0n) is 17.2. The largest absolute Gasteiger partial charge is 0.425 e. The molecule has 0 atom stereocenters. The zero-order chi connectivity index (χ0) is 20.6. The van der Waals surface area contributed by atoms with E-state index in [0.717, 1.165) is 30.0 Å². The summed E-state index contributed by atoms with van der Waals surface area (Å²) in [6, 6.07) is 7.79. The lowest BCUT2D eigenvalue weighted by atomic mass is 9.86. The quantitative estimate of drug-likeness (QED) is 0.582. The van der Waals surface area contributed by atoms with Crippen molar-refractivity contribution in [2.24, 2.45) is 5.92 Å². The zero-order valence-corrected chi connectivity index (χ0v) is 17.2. The van der Waals surface area contributed by atoms with E-state index in [1.54, 1.807) is 11.0 Å². The highest BCUT2D eigenvalue weighted by Gasteiger charge is 2.15. The highest BCUT2D eigenvalue weighted by molar-refractivity contribution is 5.76. The molecule has 1 aromatic carbocycles. The van der Waals surface area contributed by atoms with Crippen LogP contribution in [0.2, 0.25) is 0 Å². The Hall–Kier alpha value is -3.03. The predicted molar refractivity (Wildman–Crippen MR) is 111 cm³/mol. The minimum atomic E-state index is -0.0506. The van der Waals surface area contributed by atoms with E-state index < -0.39 is 0 Å². The van der Waals surface area contributed by atoms with Crippen LogP contribution in [0, 0.1) is 5.92 Å². The van der Waals surface area contributed by atoms with E-state index >= 15 is 0 Å². The van der Waals surface area contributed by atoms with E-state index in [1.807, 2.05) is 24.3 Å². The van der Waals surface area contributed by atoms with Crippen molar-refractivity contribution in [2.45, 2.75) is 64.3 Å². The number of rotatable bonds is 9. The lowest BCUT2D eigenvalue weighted by Crippen LogP contribution is -2.23. The highest BCUT2D eigenvalue weighted by Crippen LogP contribution is 2.27. The molecule has 30 heavy (non-hydrogen) atoms. The van der Waals surface area contributed by atoms with E-state index in [1.165, 1.54) is 38.4 Å². The Morgan fingerprint density at radius 1 is 1.10 bits per heavy atom. The van der Waals surface area contributed by atoms with Crippen molar-refractivity contribution in [3.8, 4) is 5.69 Å². The normalized spacial score (nSPS) is 14.7. The number of aryl methyl sites for hydroxylation is 2. The summed E-state index contributed by atoms with van der Waals surface area (Å²) in [7, 11) is 0. The fraction of sp³-hybridized carbons (Fsp3) is 0.500. The van der Waals surface area contributed by atoms with Crippen LogP contribution in [0.5, 0.6) is 0 Å². The van der Waals surface area contributed by atoms with Crippen LogP contribution in [0.25, 0.3) is 5.69 Å². The number of nitrogens with one attached hydrogen (secondary N) is 1. The topological polar surface area (TPSA) is 98.7 Å². The third kappa shape index (κ3) is 5.52. The van der Waals surface area contributed by atoms with Gasteiger partial charge in [0.2, 0.25) is 17.7 Å². The number of nitrogens with zero attached hydrogens (tertiary/aromatic N) is 5. The van der Waals surface area contributed by atoms with E-state index in [-0.39, 0.29) is 5.91 Å². The van der Waals surface area contributed by atoms with Gasteiger partial charge in [0, 0.05) is 25.8 Å². The van der Waals surface area contributed by atoms with E-state index in [4.69, 9.17) is 4.42 Å². The number of carbonyl (C=O) groups excluding carboxylic acids is 1. The SMILES string of the molecule is O=C(CCc1nnc(CCC2CCCCC2)o1)NCc1ccccc1-n1cncn1. The molecule has 1 aliphatic carbocycles. The first-order valence-corrected chi connectivity index (χ1v) is 10.8. The van der Waals surface area contributed by atoms with Gasteiger partial charge in [0.25, 0.3) is 0 Å². The second-order valence-electron chi connectivity index (χ2n) is 7.88. The van der Waals surface area contributed by atoms with Gasteiger partial charge in [0.15, 0.2) is 0 Å². The van der Waals surface area contributed by atoms with E-state index in [9.17, 15) is 4.79 Å². The lowest BCUT2D eigenvalue weighted by Gasteiger charge is -2.20. The number of carbonyl (C=O) groups is 1.